The van der Waals surface area contributed by atoms with Crippen LogP contribution in [-0.2, 0) is 15.7 Å². The Morgan fingerprint density at radius 3 is 2.62 bits per heavy atom. The molecule has 0 atom stereocenters. The molecule has 206 valence electrons. The second-order valence-electron chi connectivity index (χ2n) is 8.87. The molecule has 0 bridgehead atoms. The summed E-state index contributed by atoms with van der Waals surface area (Å²) in [6.07, 6.45) is -2.90. The number of piperidine rings is 1. The maximum Gasteiger partial charge on any atom is 0.416 e. The number of anilines is 1. The molecule has 2 N–H and O–H groups in total. The number of halogens is 3. The van der Waals surface area contributed by atoms with Gasteiger partial charge >= 0.3 is 12.1 Å². The van der Waals surface area contributed by atoms with Gasteiger partial charge in [0, 0.05) is 35.6 Å². The van der Waals surface area contributed by atoms with Crippen molar-refractivity contribution in [1.82, 2.24) is 15.2 Å². The highest BCUT2D eigenvalue weighted by atomic mass is 32.1. The van der Waals surface area contributed by atoms with Crippen molar-refractivity contribution in [2.24, 2.45) is 0 Å². The highest BCUT2D eigenvalue weighted by Crippen LogP contribution is 2.35. The smallest absolute Gasteiger partial charge is 0.416 e. The molecule has 1 fully saturated rings. The first-order valence-electron chi connectivity index (χ1n) is 12.4. The number of hydrogen-bond donors (Lipinski definition) is 2. The molecule has 7 nitrogen and oxygen atoms in total. The quantitative estimate of drug-likeness (QED) is 0.276. The number of carbonyl (C=O) groups excluding carboxylic acids is 2. The molecule has 0 saturated carbocycles. The molecule has 2 heterocycles. The number of para-hydroxylation sites is 1. The van der Waals surface area contributed by atoms with Gasteiger partial charge in [0.05, 0.1) is 17.2 Å². The van der Waals surface area contributed by atoms with Gasteiger partial charge in [-0.2, -0.15) is 13.2 Å². The van der Waals surface area contributed by atoms with Crippen LogP contribution in [0.25, 0.3) is 11.1 Å². The average molecular weight is 577 g/mol. The number of nitrogens with one attached hydrogen (secondary N) is 2. The van der Waals surface area contributed by atoms with Crippen LogP contribution < -0.4 is 10.6 Å². The Labute approximate surface area is 233 Å². The number of hydrogen-bond acceptors (Lipinski definition) is 6. The highest BCUT2D eigenvalue weighted by Gasteiger charge is 2.31. The molecular weight excluding hydrogens is 549 g/mol. The van der Waals surface area contributed by atoms with E-state index in [-0.39, 0.29) is 24.1 Å². The lowest BCUT2D eigenvalue weighted by Gasteiger charge is -2.33. The third kappa shape index (κ3) is 7.33. The maximum atomic E-state index is 13.2. The fourth-order valence-corrected chi connectivity index (χ4v) is 5.50. The number of amides is 1. The molecule has 1 aliphatic rings. The number of nitrogens with zero attached hydrogens (tertiary/aromatic N) is 2. The molecule has 0 spiro atoms. The summed E-state index contributed by atoms with van der Waals surface area (Å²) in [7, 11) is 0. The van der Waals surface area contributed by atoms with Crippen molar-refractivity contribution in [2.75, 3.05) is 31.6 Å². The van der Waals surface area contributed by atoms with Crippen molar-refractivity contribution < 1.29 is 27.5 Å². The topological polar surface area (TPSA) is 83.6 Å². The second kappa shape index (κ2) is 12.6. The van der Waals surface area contributed by atoms with E-state index in [0.29, 0.717) is 41.6 Å². The predicted molar refractivity (Wildman–Crippen MR) is 148 cm³/mol. The van der Waals surface area contributed by atoms with Crippen LogP contribution in [0, 0.1) is 0 Å². The second-order valence-corrected chi connectivity index (χ2v) is 10.2. The van der Waals surface area contributed by atoms with Crippen LogP contribution in [0.1, 0.15) is 46.7 Å². The number of likely N-dealkylation sites (tertiary alicyclic amines) is 1. The standard InChI is InChI=1S/C27H27F3N4O3S2/c1-2-37-23(35)15-31-26(38)34-12-10-17(11-13-34)25-33-22(16-39-25)24(36)32-21-9-4-3-8-20(21)18-6-5-7-19(14-18)27(28,29)30/h3-9,14,16-17H,2,10-13,15H2,1H3,(H,31,38)(H,32,36). The van der Waals surface area contributed by atoms with Gasteiger partial charge in [-0.15, -0.1) is 11.3 Å². The fraction of sp³-hybridized carbons (Fsp3) is 0.333. The van der Waals surface area contributed by atoms with Gasteiger partial charge in [-0.05, 0) is 55.7 Å². The van der Waals surface area contributed by atoms with Crippen LogP contribution in [0.5, 0.6) is 0 Å². The normalized spacial score (nSPS) is 14.1. The summed E-state index contributed by atoms with van der Waals surface area (Å²) in [6, 6.07) is 11.7. The summed E-state index contributed by atoms with van der Waals surface area (Å²) < 4.78 is 44.5. The minimum Gasteiger partial charge on any atom is -0.465 e. The van der Waals surface area contributed by atoms with Crippen molar-refractivity contribution in [2.45, 2.75) is 31.9 Å². The van der Waals surface area contributed by atoms with E-state index in [1.165, 1.54) is 17.4 Å². The lowest BCUT2D eigenvalue weighted by molar-refractivity contribution is -0.141. The van der Waals surface area contributed by atoms with Crippen LogP contribution in [0.15, 0.2) is 53.9 Å². The van der Waals surface area contributed by atoms with Gasteiger partial charge in [0.15, 0.2) is 5.11 Å². The molecule has 0 unspecified atom stereocenters. The van der Waals surface area contributed by atoms with Gasteiger partial charge in [-0.1, -0.05) is 30.3 Å². The molecule has 0 radical (unpaired) electrons. The van der Waals surface area contributed by atoms with Gasteiger partial charge in [-0.25, -0.2) is 4.98 Å². The van der Waals surface area contributed by atoms with Crippen LogP contribution in [0.3, 0.4) is 0 Å². The predicted octanol–water partition coefficient (Wildman–Crippen LogP) is 5.70. The summed E-state index contributed by atoms with van der Waals surface area (Å²) in [5.41, 5.74) is 0.719. The van der Waals surface area contributed by atoms with Crippen molar-refractivity contribution in [1.29, 1.82) is 0 Å². The molecule has 1 aliphatic heterocycles. The van der Waals surface area contributed by atoms with Gasteiger partial charge in [-0.3, -0.25) is 9.59 Å². The van der Waals surface area contributed by atoms with E-state index in [0.717, 1.165) is 30.0 Å². The summed E-state index contributed by atoms with van der Waals surface area (Å²) in [5, 5.41) is 8.76. The van der Waals surface area contributed by atoms with E-state index in [4.69, 9.17) is 17.0 Å². The molecule has 2 aromatic carbocycles. The number of alkyl halides is 3. The third-order valence-corrected chi connectivity index (χ3v) is 7.66. The average Bonchev–Trinajstić information content (AvgIpc) is 3.43. The lowest BCUT2D eigenvalue weighted by atomic mass is 9.98. The molecule has 1 amide bonds. The zero-order valence-electron chi connectivity index (χ0n) is 21.1. The maximum absolute atomic E-state index is 13.2. The van der Waals surface area contributed by atoms with E-state index in [2.05, 4.69) is 15.6 Å². The number of benzene rings is 2. The molecule has 3 aromatic rings. The summed E-state index contributed by atoms with van der Waals surface area (Å²) in [4.78, 5) is 31.1. The number of thiocarbonyl (C=S) groups is 1. The summed E-state index contributed by atoms with van der Waals surface area (Å²) in [5.74, 6) is -0.627. The number of aromatic nitrogens is 1. The molecular formula is C27H27F3N4O3S2. The van der Waals surface area contributed by atoms with Crippen LogP contribution in [-0.4, -0.2) is 53.1 Å². The van der Waals surface area contributed by atoms with Crippen molar-refractivity contribution in [3.8, 4) is 11.1 Å². The first-order valence-corrected chi connectivity index (χ1v) is 13.7. The largest absolute Gasteiger partial charge is 0.465 e. The van der Waals surface area contributed by atoms with Crippen molar-refractivity contribution >= 4 is 46.2 Å². The lowest BCUT2D eigenvalue weighted by Crippen LogP contribution is -2.45. The van der Waals surface area contributed by atoms with E-state index in [1.54, 1.807) is 42.6 Å². The minimum absolute atomic E-state index is 0.0223. The number of esters is 1. The van der Waals surface area contributed by atoms with Gasteiger partial charge in [0.2, 0.25) is 0 Å². The van der Waals surface area contributed by atoms with Crippen LogP contribution >= 0.6 is 23.6 Å². The van der Waals surface area contributed by atoms with E-state index >= 15 is 0 Å². The fourth-order valence-electron chi connectivity index (χ4n) is 4.27. The molecule has 4 rings (SSSR count). The Hall–Kier alpha value is -3.51. The number of carbonyl (C=O) groups is 2. The van der Waals surface area contributed by atoms with Crippen molar-refractivity contribution in [3.05, 3.63) is 70.2 Å². The Bertz CT molecular complexity index is 1340. The molecule has 39 heavy (non-hydrogen) atoms. The van der Waals surface area contributed by atoms with E-state index in [1.807, 2.05) is 4.90 Å². The Balaban J connectivity index is 1.37. The highest BCUT2D eigenvalue weighted by molar-refractivity contribution is 7.80. The van der Waals surface area contributed by atoms with Crippen LogP contribution in [0.4, 0.5) is 18.9 Å². The number of ether oxygens (including phenoxy) is 1. The van der Waals surface area contributed by atoms with Crippen LogP contribution in [0.2, 0.25) is 0 Å². The SMILES string of the molecule is CCOC(=O)CNC(=S)N1CCC(c2nc(C(=O)Nc3ccccc3-c3cccc(C(F)(F)F)c3)cs2)CC1. The Morgan fingerprint density at radius 2 is 1.90 bits per heavy atom. The van der Waals surface area contributed by atoms with Gasteiger partial charge in [0.1, 0.15) is 12.2 Å². The van der Waals surface area contributed by atoms with Crippen molar-refractivity contribution in [3.63, 3.8) is 0 Å². The molecule has 12 heteroatoms. The van der Waals surface area contributed by atoms with Gasteiger partial charge < -0.3 is 20.3 Å². The minimum atomic E-state index is -4.47. The number of rotatable bonds is 7. The van der Waals surface area contributed by atoms with E-state index in [9.17, 15) is 22.8 Å². The first kappa shape index (κ1) is 28.5. The first-order chi connectivity index (χ1) is 18.7. The Kier molecular flexibility index (Phi) is 9.18. The Morgan fingerprint density at radius 1 is 1.15 bits per heavy atom. The number of thiazole rings is 1. The monoisotopic (exact) mass is 576 g/mol. The zero-order chi connectivity index (χ0) is 28.0. The molecule has 0 aliphatic carbocycles. The molecule has 1 aromatic heterocycles. The summed E-state index contributed by atoms with van der Waals surface area (Å²) >= 11 is 6.79. The third-order valence-electron chi connectivity index (χ3n) is 6.25. The van der Waals surface area contributed by atoms with E-state index < -0.39 is 17.6 Å². The molecule has 1 saturated heterocycles. The van der Waals surface area contributed by atoms with Gasteiger partial charge in [0.25, 0.3) is 5.91 Å². The zero-order valence-corrected chi connectivity index (χ0v) is 22.7. The summed E-state index contributed by atoms with van der Waals surface area (Å²) in [6.45, 7) is 3.45.